The minimum Gasteiger partial charge on any atom is -0.379 e. The number of aromatic nitrogens is 1. The minimum atomic E-state index is -0.0539. The smallest absolute Gasteiger partial charge is 0.0634 e. The van der Waals surface area contributed by atoms with Crippen molar-refractivity contribution in [3.63, 3.8) is 0 Å². The predicted octanol–water partition coefficient (Wildman–Crippen LogP) is 2.55. The van der Waals surface area contributed by atoms with Crippen LogP contribution < -0.4 is 5.32 Å². The summed E-state index contributed by atoms with van der Waals surface area (Å²) in [6, 6.07) is 4.39. The lowest BCUT2D eigenvalue weighted by molar-refractivity contribution is 0.0154. The van der Waals surface area contributed by atoms with Crippen molar-refractivity contribution < 1.29 is 4.74 Å². The second kappa shape index (κ2) is 5.97. The van der Waals surface area contributed by atoms with E-state index < -0.39 is 0 Å². The third-order valence-corrected chi connectivity index (χ3v) is 2.91. The largest absolute Gasteiger partial charge is 0.379 e. The first-order valence-electron chi connectivity index (χ1n) is 5.73. The number of pyridine rings is 1. The molecule has 0 aliphatic carbocycles. The minimum absolute atomic E-state index is 0.0539. The highest BCUT2D eigenvalue weighted by Gasteiger charge is 2.16. The van der Waals surface area contributed by atoms with Crippen molar-refractivity contribution in [2.75, 3.05) is 13.7 Å². The Morgan fingerprint density at radius 2 is 2.25 bits per heavy atom. The van der Waals surface area contributed by atoms with Crippen molar-refractivity contribution in [2.45, 2.75) is 38.8 Å². The van der Waals surface area contributed by atoms with Gasteiger partial charge in [-0.05, 0) is 45.4 Å². The van der Waals surface area contributed by atoms with Crippen LogP contribution in [0.15, 0.2) is 24.5 Å². The quantitative estimate of drug-likeness (QED) is 0.803. The number of methoxy groups -OCH3 is 1. The third-order valence-electron chi connectivity index (χ3n) is 2.91. The fourth-order valence-corrected chi connectivity index (χ4v) is 1.44. The molecule has 0 amide bonds. The van der Waals surface area contributed by atoms with Gasteiger partial charge in [0.15, 0.2) is 0 Å². The molecular formula is C13H22N2O. The van der Waals surface area contributed by atoms with Gasteiger partial charge >= 0.3 is 0 Å². The van der Waals surface area contributed by atoms with Crippen molar-refractivity contribution >= 4 is 0 Å². The Morgan fingerprint density at radius 3 is 2.81 bits per heavy atom. The second-order valence-electron chi connectivity index (χ2n) is 4.68. The standard InChI is InChI=1S/C13H22N2O/c1-11(12-6-5-8-14-10-12)15-9-7-13(2,3)16-4/h5-6,8,10-11,15H,7,9H2,1-4H3/t11-/m1/s1. The summed E-state index contributed by atoms with van der Waals surface area (Å²) >= 11 is 0. The summed E-state index contributed by atoms with van der Waals surface area (Å²) < 4.78 is 5.37. The molecule has 1 N–H and O–H groups in total. The topological polar surface area (TPSA) is 34.1 Å². The lowest BCUT2D eigenvalue weighted by atomic mass is 10.0. The van der Waals surface area contributed by atoms with Crippen LogP contribution in [0.2, 0.25) is 0 Å². The summed E-state index contributed by atoms with van der Waals surface area (Å²) in [7, 11) is 1.75. The van der Waals surface area contributed by atoms with E-state index >= 15 is 0 Å². The van der Waals surface area contributed by atoms with Crippen LogP contribution in [0, 0.1) is 0 Å². The molecule has 0 saturated heterocycles. The zero-order valence-corrected chi connectivity index (χ0v) is 10.7. The van der Waals surface area contributed by atoms with Crippen molar-refractivity contribution in [3.05, 3.63) is 30.1 Å². The van der Waals surface area contributed by atoms with Gasteiger partial charge in [0.1, 0.15) is 0 Å². The van der Waals surface area contributed by atoms with E-state index in [9.17, 15) is 0 Å². The number of hydrogen-bond acceptors (Lipinski definition) is 3. The SMILES string of the molecule is COC(C)(C)CCN[C@H](C)c1cccnc1. The summed E-state index contributed by atoms with van der Waals surface area (Å²) in [4.78, 5) is 4.11. The van der Waals surface area contributed by atoms with Crippen molar-refractivity contribution in [3.8, 4) is 0 Å². The predicted molar refractivity (Wildman–Crippen MR) is 66.4 cm³/mol. The Kier molecular flexibility index (Phi) is 4.90. The Balaban J connectivity index is 2.34. The normalized spacial score (nSPS) is 13.8. The average Bonchev–Trinajstić information content (AvgIpc) is 2.30. The van der Waals surface area contributed by atoms with E-state index in [1.165, 1.54) is 5.56 Å². The van der Waals surface area contributed by atoms with Crippen LogP contribution in [0.5, 0.6) is 0 Å². The van der Waals surface area contributed by atoms with Gasteiger partial charge in [0.05, 0.1) is 5.60 Å². The van der Waals surface area contributed by atoms with Gasteiger partial charge < -0.3 is 10.1 Å². The summed E-state index contributed by atoms with van der Waals surface area (Å²) in [5.74, 6) is 0. The molecule has 0 aliphatic rings. The van der Waals surface area contributed by atoms with Crippen molar-refractivity contribution in [1.29, 1.82) is 0 Å². The lowest BCUT2D eigenvalue weighted by Crippen LogP contribution is -2.30. The monoisotopic (exact) mass is 222 g/mol. The molecule has 0 saturated carbocycles. The van der Waals surface area contributed by atoms with Gasteiger partial charge in [0.25, 0.3) is 0 Å². The summed E-state index contributed by atoms with van der Waals surface area (Å²) in [5.41, 5.74) is 1.17. The van der Waals surface area contributed by atoms with Gasteiger partial charge in [-0.3, -0.25) is 4.98 Å². The molecular weight excluding hydrogens is 200 g/mol. The molecule has 16 heavy (non-hydrogen) atoms. The number of ether oxygens (including phenoxy) is 1. The molecule has 0 unspecified atom stereocenters. The molecule has 1 rings (SSSR count). The molecule has 3 nitrogen and oxygen atoms in total. The first-order valence-corrected chi connectivity index (χ1v) is 5.73. The van der Waals surface area contributed by atoms with Gasteiger partial charge in [-0.1, -0.05) is 6.07 Å². The van der Waals surface area contributed by atoms with Gasteiger partial charge in [0.2, 0.25) is 0 Å². The fourth-order valence-electron chi connectivity index (χ4n) is 1.44. The molecule has 3 heteroatoms. The maximum atomic E-state index is 5.37. The first kappa shape index (κ1) is 13.1. The van der Waals surface area contributed by atoms with E-state index in [2.05, 4.69) is 37.1 Å². The molecule has 0 bridgehead atoms. The fraction of sp³-hybridized carbons (Fsp3) is 0.615. The van der Waals surface area contributed by atoms with Crippen LogP contribution in [-0.4, -0.2) is 24.2 Å². The summed E-state index contributed by atoms with van der Waals surface area (Å²) in [6.45, 7) is 7.29. The van der Waals surface area contributed by atoms with Crippen LogP contribution in [0.3, 0.4) is 0 Å². The molecule has 0 spiro atoms. The molecule has 1 aromatic heterocycles. The van der Waals surface area contributed by atoms with Crippen LogP contribution in [0.1, 0.15) is 38.8 Å². The van der Waals surface area contributed by atoms with E-state index in [1.54, 1.807) is 13.3 Å². The van der Waals surface area contributed by atoms with E-state index in [4.69, 9.17) is 4.74 Å². The van der Waals surface area contributed by atoms with E-state index in [0.717, 1.165) is 13.0 Å². The van der Waals surface area contributed by atoms with Crippen LogP contribution in [0.4, 0.5) is 0 Å². The van der Waals surface area contributed by atoms with Gasteiger partial charge in [0, 0.05) is 25.5 Å². The molecule has 1 heterocycles. The third kappa shape index (κ3) is 4.29. The molecule has 0 fully saturated rings. The molecule has 0 aliphatic heterocycles. The molecule has 1 aromatic rings. The lowest BCUT2D eigenvalue weighted by Gasteiger charge is -2.24. The van der Waals surface area contributed by atoms with Crippen molar-refractivity contribution in [2.24, 2.45) is 0 Å². The van der Waals surface area contributed by atoms with Crippen LogP contribution in [0.25, 0.3) is 0 Å². The molecule has 0 aromatic carbocycles. The van der Waals surface area contributed by atoms with E-state index in [0.29, 0.717) is 6.04 Å². The molecule has 0 radical (unpaired) electrons. The Hall–Kier alpha value is -0.930. The zero-order chi connectivity index (χ0) is 12.0. The van der Waals surface area contributed by atoms with Crippen LogP contribution in [-0.2, 0) is 4.74 Å². The molecule has 1 atom stereocenters. The number of nitrogens with zero attached hydrogens (tertiary/aromatic N) is 1. The highest BCUT2D eigenvalue weighted by atomic mass is 16.5. The highest BCUT2D eigenvalue weighted by Crippen LogP contribution is 2.14. The zero-order valence-electron chi connectivity index (χ0n) is 10.7. The molecule has 90 valence electrons. The second-order valence-corrected chi connectivity index (χ2v) is 4.68. The number of hydrogen-bond donors (Lipinski definition) is 1. The number of nitrogens with one attached hydrogen (secondary N) is 1. The highest BCUT2D eigenvalue weighted by molar-refractivity contribution is 5.12. The maximum Gasteiger partial charge on any atom is 0.0634 e. The maximum absolute atomic E-state index is 5.37. The average molecular weight is 222 g/mol. The Bertz CT molecular complexity index is 298. The Morgan fingerprint density at radius 1 is 1.50 bits per heavy atom. The van der Waals surface area contributed by atoms with Gasteiger partial charge in [-0.25, -0.2) is 0 Å². The van der Waals surface area contributed by atoms with E-state index in [1.807, 2.05) is 12.3 Å². The number of rotatable bonds is 6. The first-order chi connectivity index (χ1) is 7.55. The van der Waals surface area contributed by atoms with Crippen molar-refractivity contribution in [1.82, 2.24) is 10.3 Å². The summed E-state index contributed by atoms with van der Waals surface area (Å²) in [5, 5.41) is 3.47. The van der Waals surface area contributed by atoms with Gasteiger partial charge in [-0.15, -0.1) is 0 Å². The Labute approximate surface area is 98.2 Å². The summed E-state index contributed by atoms with van der Waals surface area (Å²) in [6.07, 6.45) is 4.69. The van der Waals surface area contributed by atoms with Crippen LogP contribution >= 0.6 is 0 Å². The van der Waals surface area contributed by atoms with E-state index in [-0.39, 0.29) is 5.60 Å². The van der Waals surface area contributed by atoms with Gasteiger partial charge in [-0.2, -0.15) is 0 Å².